The topological polar surface area (TPSA) is 54.2 Å². The minimum absolute atomic E-state index is 0.385. The number of likely N-dealkylation sites (tertiary alicyclic amines) is 1. The molecule has 1 aliphatic heterocycles. The molecule has 5 heteroatoms. The molecule has 96 valence electrons. The van der Waals surface area contributed by atoms with E-state index in [1.54, 1.807) is 0 Å². The van der Waals surface area contributed by atoms with E-state index >= 15 is 0 Å². The average Bonchev–Trinajstić information content (AvgIpc) is 2.96. The maximum atomic E-state index is 5.37. The van der Waals surface area contributed by atoms with Crippen LogP contribution in [0.2, 0.25) is 0 Å². The number of nitrogens with zero attached hydrogens (tertiary/aromatic N) is 3. The van der Waals surface area contributed by atoms with E-state index in [1.165, 1.54) is 0 Å². The molecule has 5 nitrogen and oxygen atoms in total. The predicted octanol–water partition coefficient (Wildman–Crippen LogP) is 1.03. The molecule has 2 atom stereocenters. The summed E-state index contributed by atoms with van der Waals surface area (Å²) in [5, 5.41) is 7.23. The van der Waals surface area contributed by atoms with Gasteiger partial charge in [-0.3, -0.25) is 0 Å². The maximum absolute atomic E-state index is 5.37. The van der Waals surface area contributed by atoms with E-state index in [4.69, 9.17) is 4.52 Å². The molecule has 0 saturated carbocycles. The lowest BCUT2D eigenvalue weighted by molar-refractivity contribution is 0.324. The van der Waals surface area contributed by atoms with E-state index in [0.29, 0.717) is 12.0 Å². The molecular formula is C12H22N4O. The molecular weight excluding hydrogens is 216 g/mol. The van der Waals surface area contributed by atoms with Crippen molar-refractivity contribution < 1.29 is 4.52 Å². The summed E-state index contributed by atoms with van der Waals surface area (Å²) < 4.78 is 5.37. The zero-order valence-corrected chi connectivity index (χ0v) is 10.9. The van der Waals surface area contributed by atoms with E-state index in [0.717, 1.165) is 44.2 Å². The van der Waals surface area contributed by atoms with Crippen molar-refractivity contribution in [2.75, 3.05) is 26.7 Å². The van der Waals surface area contributed by atoms with Crippen LogP contribution in [-0.2, 0) is 6.42 Å². The van der Waals surface area contributed by atoms with E-state index < -0.39 is 0 Å². The van der Waals surface area contributed by atoms with E-state index in [-0.39, 0.29) is 0 Å². The summed E-state index contributed by atoms with van der Waals surface area (Å²) in [4.78, 5) is 6.93. The Bertz CT molecular complexity index is 352. The van der Waals surface area contributed by atoms with Crippen molar-refractivity contribution in [2.45, 2.75) is 38.6 Å². The Morgan fingerprint density at radius 3 is 3.06 bits per heavy atom. The molecule has 0 amide bonds. The Morgan fingerprint density at radius 2 is 2.41 bits per heavy atom. The Balaban J connectivity index is 1.94. The highest BCUT2D eigenvalue weighted by atomic mass is 16.5. The first-order valence-corrected chi connectivity index (χ1v) is 6.45. The van der Waals surface area contributed by atoms with Crippen molar-refractivity contribution in [2.24, 2.45) is 0 Å². The number of nitrogens with one attached hydrogen (secondary N) is 1. The quantitative estimate of drug-likeness (QED) is 0.830. The van der Waals surface area contributed by atoms with Gasteiger partial charge in [0.2, 0.25) is 5.89 Å². The maximum Gasteiger partial charge on any atom is 0.231 e. The van der Waals surface area contributed by atoms with Gasteiger partial charge in [0.25, 0.3) is 0 Å². The second-order valence-electron chi connectivity index (χ2n) is 4.82. The zero-order chi connectivity index (χ0) is 12.3. The summed E-state index contributed by atoms with van der Waals surface area (Å²) in [5.74, 6) is 2.07. The van der Waals surface area contributed by atoms with E-state index in [1.807, 2.05) is 7.05 Å². The third-order valence-corrected chi connectivity index (χ3v) is 3.53. The molecule has 1 aliphatic rings. The minimum Gasteiger partial charge on any atom is -0.339 e. The van der Waals surface area contributed by atoms with Crippen LogP contribution in [-0.4, -0.2) is 47.8 Å². The molecule has 0 aliphatic carbocycles. The molecule has 1 aromatic heterocycles. The van der Waals surface area contributed by atoms with Crippen molar-refractivity contribution in [1.82, 2.24) is 20.4 Å². The first-order valence-electron chi connectivity index (χ1n) is 6.45. The summed E-state index contributed by atoms with van der Waals surface area (Å²) >= 11 is 0. The second kappa shape index (κ2) is 5.60. The van der Waals surface area contributed by atoms with Crippen molar-refractivity contribution in [3.05, 3.63) is 11.7 Å². The fourth-order valence-electron chi connectivity index (χ4n) is 2.21. The monoisotopic (exact) mass is 238 g/mol. The smallest absolute Gasteiger partial charge is 0.231 e. The molecule has 0 spiro atoms. The molecule has 0 radical (unpaired) electrons. The van der Waals surface area contributed by atoms with Gasteiger partial charge in [0.1, 0.15) is 0 Å². The molecule has 17 heavy (non-hydrogen) atoms. The van der Waals surface area contributed by atoms with Gasteiger partial charge in [-0.25, -0.2) is 0 Å². The fraction of sp³-hybridized carbons (Fsp3) is 0.833. The largest absolute Gasteiger partial charge is 0.339 e. The van der Waals surface area contributed by atoms with Gasteiger partial charge in [0.15, 0.2) is 5.82 Å². The van der Waals surface area contributed by atoms with Crippen molar-refractivity contribution in [1.29, 1.82) is 0 Å². The average molecular weight is 238 g/mol. The Morgan fingerprint density at radius 1 is 1.59 bits per heavy atom. The molecule has 1 aromatic rings. The predicted molar refractivity (Wildman–Crippen MR) is 66.0 cm³/mol. The van der Waals surface area contributed by atoms with Crippen molar-refractivity contribution >= 4 is 0 Å². The highest BCUT2D eigenvalue weighted by Crippen LogP contribution is 2.25. The van der Waals surface area contributed by atoms with Crippen LogP contribution in [0.15, 0.2) is 4.52 Å². The van der Waals surface area contributed by atoms with Crippen LogP contribution in [0.5, 0.6) is 0 Å². The van der Waals surface area contributed by atoms with Crippen LogP contribution in [0.4, 0.5) is 0 Å². The molecule has 2 unspecified atom stereocenters. The summed E-state index contributed by atoms with van der Waals surface area (Å²) in [6, 6.07) is 0.385. The number of likely N-dealkylation sites (N-methyl/N-ethyl adjacent to an activating group) is 2. The lowest BCUT2D eigenvalue weighted by Gasteiger charge is -2.10. The van der Waals surface area contributed by atoms with Gasteiger partial charge < -0.3 is 14.7 Å². The zero-order valence-electron chi connectivity index (χ0n) is 10.9. The second-order valence-corrected chi connectivity index (χ2v) is 4.82. The number of hydrogen-bond donors (Lipinski definition) is 1. The Kier molecular flexibility index (Phi) is 4.12. The lowest BCUT2D eigenvalue weighted by Crippen LogP contribution is -2.24. The van der Waals surface area contributed by atoms with E-state index in [9.17, 15) is 0 Å². The molecule has 1 fully saturated rings. The molecule has 1 N–H and O–H groups in total. The Labute approximate surface area is 103 Å². The standard InChI is InChI=1S/C12H22N4O/c1-4-16-6-5-10(8-16)12-14-11(15-17-12)7-9(2)13-3/h9-10,13H,4-8H2,1-3H3. The van der Waals surface area contributed by atoms with Crippen LogP contribution in [0.3, 0.4) is 0 Å². The van der Waals surface area contributed by atoms with Gasteiger partial charge in [-0.15, -0.1) is 0 Å². The molecule has 2 heterocycles. The van der Waals surface area contributed by atoms with Gasteiger partial charge in [0.05, 0.1) is 5.92 Å². The van der Waals surface area contributed by atoms with Crippen LogP contribution >= 0.6 is 0 Å². The minimum atomic E-state index is 0.385. The third kappa shape index (κ3) is 3.04. The summed E-state index contributed by atoms with van der Waals surface area (Å²) in [7, 11) is 1.95. The molecule has 0 aromatic carbocycles. The molecule has 2 rings (SSSR count). The first-order chi connectivity index (χ1) is 8.22. The first kappa shape index (κ1) is 12.5. The highest BCUT2D eigenvalue weighted by molar-refractivity contribution is 4.99. The van der Waals surface area contributed by atoms with Gasteiger partial charge in [-0.1, -0.05) is 12.1 Å². The van der Waals surface area contributed by atoms with Crippen molar-refractivity contribution in [3.8, 4) is 0 Å². The van der Waals surface area contributed by atoms with Crippen LogP contribution < -0.4 is 5.32 Å². The lowest BCUT2D eigenvalue weighted by atomic mass is 10.1. The summed E-state index contributed by atoms with van der Waals surface area (Å²) in [5.41, 5.74) is 0. The van der Waals surface area contributed by atoms with Gasteiger partial charge in [0, 0.05) is 19.0 Å². The van der Waals surface area contributed by atoms with Gasteiger partial charge >= 0.3 is 0 Å². The molecule has 1 saturated heterocycles. The van der Waals surface area contributed by atoms with Crippen LogP contribution in [0, 0.1) is 0 Å². The van der Waals surface area contributed by atoms with Gasteiger partial charge in [-0.05, 0) is 33.5 Å². The summed E-state index contributed by atoms with van der Waals surface area (Å²) in [6.07, 6.45) is 1.96. The Hall–Kier alpha value is -0.940. The van der Waals surface area contributed by atoms with Crippen molar-refractivity contribution in [3.63, 3.8) is 0 Å². The normalized spacial score (nSPS) is 23.1. The van der Waals surface area contributed by atoms with Crippen LogP contribution in [0.25, 0.3) is 0 Å². The van der Waals surface area contributed by atoms with E-state index in [2.05, 4.69) is 34.2 Å². The SMILES string of the molecule is CCN1CCC(c2nc(CC(C)NC)no2)C1. The highest BCUT2D eigenvalue weighted by Gasteiger charge is 2.27. The summed E-state index contributed by atoms with van der Waals surface area (Å²) in [6.45, 7) is 7.61. The van der Waals surface area contributed by atoms with Gasteiger partial charge in [-0.2, -0.15) is 4.98 Å². The molecule has 0 bridgehead atoms. The number of rotatable bonds is 5. The fourth-order valence-corrected chi connectivity index (χ4v) is 2.21. The number of hydrogen-bond acceptors (Lipinski definition) is 5. The number of aromatic nitrogens is 2. The third-order valence-electron chi connectivity index (χ3n) is 3.53. The van der Waals surface area contributed by atoms with Crippen LogP contribution in [0.1, 0.15) is 37.9 Å².